The summed E-state index contributed by atoms with van der Waals surface area (Å²) in [5, 5.41) is 12.6. The molecule has 1 saturated heterocycles. The predicted octanol–water partition coefficient (Wildman–Crippen LogP) is 3.77. The normalized spacial score (nSPS) is 16.4. The summed E-state index contributed by atoms with van der Waals surface area (Å²) < 4.78 is 54.5. The van der Waals surface area contributed by atoms with E-state index in [1.807, 2.05) is 5.32 Å². The number of urea groups is 1. The average molecular weight is 482 g/mol. The van der Waals surface area contributed by atoms with Crippen LogP contribution in [0.1, 0.15) is 12.5 Å². The van der Waals surface area contributed by atoms with Crippen molar-refractivity contribution in [2.24, 2.45) is 0 Å². The third kappa shape index (κ3) is 3.89. The number of hydrogen-bond acceptors (Lipinski definition) is 5. The number of halogens is 4. The van der Waals surface area contributed by atoms with Crippen molar-refractivity contribution in [1.82, 2.24) is 10.3 Å². The molecule has 12 heteroatoms. The van der Waals surface area contributed by atoms with Crippen LogP contribution in [0.5, 0.6) is 0 Å². The lowest BCUT2D eigenvalue weighted by Gasteiger charge is -2.29. The standard InChI is InChI=1S/C21H18F4N4O3S/c1-2-26-17(30)20(32,21(23,24)25)12-3-8-15-16(11-12)33-18(27-15)29-10-9-28(19(29)31)14-6-4-13(22)5-7-14/h3-8,11,32H,2,9-10H2,1H3,(H,26,30)/t20-/m0/s1. The molecule has 1 aliphatic heterocycles. The summed E-state index contributed by atoms with van der Waals surface area (Å²) in [7, 11) is 0. The number of rotatable bonds is 5. The Labute approximate surface area is 189 Å². The molecule has 0 aliphatic carbocycles. The third-order valence-electron chi connectivity index (χ3n) is 5.25. The van der Waals surface area contributed by atoms with Crippen molar-refractivity contribution in [3.63, 3.8) is 0 Å². The highest BCUT2D eigenvalue weighted by Crippen LogP contribution is 2.41. The lowest BCUT2D eigenvalue weighted by Crippen LogP contribution is -2.54. The summed E-state index contributed by atoms with van der Waals surface area (Å²) in [6.45, 7) is 1.94. The number of aliphatic hydroxyl groups is 1. The summed E-state index contributed by atoms with van der Waals surface area (Å²) in [6.07, 6.45) is -5.26. The second-order valence-corrected chi connectivity index (χ2v) is 8.32. The SMILES string of the molecule is CCNC(=O)[C@@](O)(c1ccc2nc(N3CCN(c4ccc(F)cc4)C3=O)sc2c1)C(F)(F)F. The number of anilines is 2. The van der Waals surface area contributed by atoms with Crippen LogP contribution in [0.25, 0.3) is 10.2 Å². The van der Waals surface area contributed by atoms with E-state index in [4.69, 9.17) is 0 Å². The van der Waals surface area contributed by atoms with E-state index in [1.165, 1.54) is 47.1 Å². The van der Waals surface area contributed by atoms with E-state index in [-0.39, 0.29) is 22.9 Å². The number of thiazole rings is 1. The van der Waals surface area contributed by atoms with Crippen molar-refractivity contribution in [1.29, 1.82) is 0 Å². The predicted molar refractivity (Wildman–Crippen MR) is 115 cm³/mol. The second-order valence-electron chi connectivity index (χ2n) is 7.31. The monoisotopic (exact) mass is 482 g/mol. The highest BCUT2D eigenvalue weighted by molar-refractivity contribution is 7.22. The summed E-state index contributed by atoms with van der Waals surface area (Å²) in [6, 6.07) is 8.32. The number of aromatic nitrogens is 1. The van der Waals surface area contributed by atoms with Crippen LogP contribution >= 0.6 is 11.3 Å². The van der Waals surface area contributed by atoms with E-state index in [1.54, 1.807) is 0 Å². The molecule has 2 heterocycles. The highest BCUT2D eigenvalue weighted by Gasteiger charge is 2.60. The number of likely N-dealkylation sites (N-methyl/N-ethyl adjacent to an activating group) is 1. The smallest absolute Gasteiger partial charge is 0.369 e. The maximum Gasteiger partial charge on any atom is 0.430 e. The number of fused-ring (bicyclic) bond motifs is 1. The maximum atomic E-state index is 13.7. The molecular weight excluding hydrogens is 464 g/mol. The number of nitrogens with one attached hydrogen (secondary N) is 1. The molecular formula is C21H18F4N4O3S. The van der Waals surface area contributed by atoms with Gasteiger partial charge in [0.2, 0.25) is 0 Å². The van der Waals surface area contributed by atoms with Crippen molar-refractivity contribution in [2.45, 2.75) is 18.7 Å². The quantitative estimate of drug-likeness (QED) is 0.543. The van der Waals surface area contributed by atoms with E-state index in [0.29, 0.717) is 17.7 Å². The van der Waals surface area contributed by atoms with Crippen molar-refractivity contribution in [2.75, 3.05) is 29.4 Å². The number of amides is 3. The van der Waals surface area contributed by atoms with Crippen LogP contribution in [-0.2, 0) is 10.4 Å². The molecule has 0 spiro atoms. The van der Waals surface area contributed by atoms with Gasteiger partial charge in [-0.15, -0.1) is 0 Å². The fraction of sp³-hybridized carbons (Fsp3) is 0.286. The fourth-order valence-electron chi connectivity index (χ4n) is 3.54. The zero-order chi connectivity index (χ0) is 24.0. The number of carbonyl (C=O) groups is 2. The molecule has 1 fully saturated rings. The van der Waals surface area contributed by atoms with Gasteiger partial charge in [0, 0.05) is 30.9 Å². The average Bonchev–Trinajstić information content (AvgIpc) is 3.35. The Hall–Kier alpha value is -3.25. The van der Waals surface area contributed by atoms with Crippen LogP contribution in [0.4, 0.5) is 33.2 Å². The third-order valence-corrected chi connectivity index (χ3v) is 6.29. The summed E-state index contributed by atoms with van der Waals surface area (Å²) >= 11 is 0.961. The van der Waals surface area contributed by atoms with Crippen molar-refractivity contribution < 1.29 is 32.3 Å². The molecule has 3 aromatic rings. The van der Waals surface area contributed by atoms with Crippen LogP contribution in [0, 0.1) is 5.82 Å². The molecule has 1 atom stereocenters. The molecule has 3 amide bonds. The van der Waals surface area contributed by atoms with Gasteiger partial charge < -0.3 is 10.4 Å². The fourth-order valence-corrected chi connectivity index (χ4v) is 4.56. The molecule has 0 saturated carbocycles. The topological polar surface area (TPSA) is 85.8 Å². The van der Waals surface area contributed by atoms with Gasteiger partial charge in [-0.1, -0.05) is 17.4 Å². The van der Waals surface area contributed by atoms with Gasteiger partial charge in [0.1, 0.15) is 5.82 Å². The van der Waals surface area contributed by atoms with Gasteiger partial charge in [0.25, 0.3) is 11.5 Å². The molecule has 2 N–H and O–H groups in total. The zero-order valence-corrected chi connectivity index (χ0v) is 18.0. The van der Waals surface area contributed by atoms with Gasteiger partial charge in [-0.2, -0.15) is 13.2 Å². The van der Waals surface area contributed by atoms with Gasteiger partial charge in [-0.3, -0.25) is 14.6 Å². The molecule has 2 aromatic carbocycles. The molecule has 7 nitrogen and oxygen atoms in total. The molecule has 0 unspecified atom stereocenters. The van der Waals surface area contributed by atoms with Gasteiger partial charge in [0.15, 0.2) is 5.13 Å². The minimum Gasteiger partial charge on any atom is -0.369 e. The van der Waals surface area contributed by atoms with Crippen LogP contribution in [0.2, 0.25) is 0 Å². The van der Waals surface area contributed by atoms with Crippen molar-refractivity contribution in [3.05, 3.63) is 53.8 Å². The largest absolute Gasteiger partial charge is 0.430 e. The Morgan fingerprint density at radius 2 is 1.82 bits per heavy atom. The van der Waals surface area contributed by atoms with E-state index in [2.05, 4.69) is 4.98 Å². The Morgan fingerprint density at radius 1 is 1.15 bits per heavy atom. The number of hydrogen-bond donors (Lipinski definition) is 2. The number of carbonyl (C=O) groups excluding carboxylic acids is 2. The number of alkyl halides is 3. The van der Waals surface area contributed by atoms with Gasteiger partial charge >= 0.3 is 12.2 Å². The summed E-state index contributed by atoms with van der Waals surface area (Å²) in [5.41, 5.74) is -3.56. The van der Waals surface area contributed by atoms with Crippen LogP contribution in [-0.4, -0.2) is 47.8 Å². The maximum absolute atomic E-state index is 13.7. The highest BCUT2D eigenvalue weighted by atomic mass is 32.1. The minimum absolute atomic E-state index is 0.0915. The molecule has 4 rings (SSSR count). The number of benzene rings is 2. The van der Waals surface area contributed by atoms with E-state index >= 15 is 0 Å². The first kappa shape index (κ1) is 22.9. The van der Waals surface area contributed by atoms with Crippen LogP contribution in [0.3, 0.4) is 0 Å². The zero-order valence-electron chi connectivity index (χ0n) is 17.2. The summed E-state index contributed by atoms with van der Waals surface area (Å²) in [4.78, 5) is 32.1. The lowest BCUT2D eigenvalue weighted by molar-refractivity contribution is -0.256. The molecule has 0 bridgehead atoms. The van der Waals surface area contributed by atoms with Crippen LogP contribution in [0.15, 0.2) is 42.5 Å². The van der Waals surface area contributed by atoms with E-state index in [0.717, 1.165) is 23.5 Å². The Balaban J connectivity index is 1.66. The Kier molecular flexibility index (Phi) is 5.74. The van der Waals surface area contributed by atoms with Crippen molar-refractivity contribution >= 4 is 44.3 Å². The Morgan fingerprint density at radius 3 is 2.45 bits per heavy atom. The molecule has 1 aromatic heterocycles. The van der Waals surface area contributed by atoms with Gasteiger partial charge in [-0.05, 0) is 43.3 Å². The molecule has 0 radical (unpaired) electrons. The summed E-state index contributed by atoms with van der Waals surface area (Å²) in [5.74, 6) is -2.01. The first-order valence-electron chi connectivity index (χ1n) is 9.89. The van der Waals surface area contributed by atoms with Crippen LogP contribution < -0.4 is 15.1 Å². The molecule has 33 heavy (non-hydrogen) atoms. The number of nitrogens with zero attached hydrogens (tertiary/aromatic N) is 3. The van der Waals surface area contributed by atoms with Gasteiger partial charge in [0.05, 0.1) is 10.2 Å². The Bertz CT molecular complexity index is 1210. The molecule has 174 valence electrons. The molecule has 1 aliphatic rings. The second kappa shape index (κ2) is 8.27. The minimum atomic E-state index is -5.26. The van der Waals surface area contributed by atoms with Crippen molar-refractivity contribution in [3.8, 4) is 0 Å². The lowest BCUT2D eigenvalue weighted by atomic mass is 9.92. The first-order valence-corrected chi connectivity index (χ1v) is 10.7. The van der Waals surface area contributed by atoms with E-state index < -0.39 is 35.1 Å². The first-order chi connectivity index (χ1) is 15.6. The van der Waals surface area contributed by atoms with Gasteiger partial charge in [-0.25, -0.2) is 14.2 Å². The van der Waals surface area contributed by atoms with E-state index in [9.17, 15) is 32.3 Å².